The number of nitrogens with one attached hydrogen (secondary N) is 1. The molecule has 1 aliphatic heterocycles. The van der Waals surface area contributed by atoms with Crippen molar-refractivity contribution in [3.8, 4) is 5.75 Å². The first-order valence-electron chi connectivity index (χ1n) is 8.84. The summed E-state index contributed by atoms with van der Waals surface area (Å²) in [5, 5.41) is 3.13. The van der Waals surface area contributed by atoms with Crippen molar-refractivity contribution in [3.63, 3.8) is 0 Å². The van der Waals surface area contributed by atoms with Crippen LogP contribution in [0.4, 0.5) is 11.4 Å². The Morgan fingerprint density at radius 2 is 1.36 bits per heavy atom. The van der Waals surface area contributed by atoms with Gasteiger partial charge in [0.1, 0.15) is 11.4 Å². The molecule has 0 unspecified atom stereocenters. The van der Waals surface area contributed by atoms with Crippen LogP contribution in [-0.4, -0.2) is 18.9 Å². The van der Waals surface area contributed by atoms with Crippen molar-refractivity contribution >= 4 is 28.8 Å². The minimum Gasteiger partial charge on any atom is -0.495 e. The second kappa shape index (κ2) is 7.40. The minimum absolute atomic E-state index is 0.244. The van der Waals surface area contributed by atoms with Gasteiger partial charge in [-0.15, -0.1) is 0 Å². The summed E-state index contributed by atoms with van der Waals surface area (Å²) in [7, 11) is 1.51. The molecular weight excluding hydrogens is 352 g/mol. The van der Waals surface area contributed by atoms with E-state index in [1.54, 1.807) is 24.3 Å². The molecule has 28 heavy (non-hydrogen) atoms. The molecule has 0 saturated carbocycles. The highest BCUT2D eigenvalue weighted by Crippen LogP contribution is 2.37. The molecule has 0 saturated heterocycles. The fraction of sp³-hybridized carbons (Fsp3) is 0.0435. The molecule has 4 rings (SSSR count). The lowest BCUT2D eigenvalue weighted by molar-refractivity contribution is -0.120. The van der Waals surface area contributed by atoms with Crippen LogP contribution in [0.3, 0.4) is 0 Å². The molecule has 0 bridgehead atoms. The molecule has 0 atom stereocenters. The van der Waals surface area contributed by atoms with Gasteiger partial charge in [-0.1, -0.05) is 60.7 Å². The van der Waals surface area contributed by atoms with Gasteiger partial charge in [-0.2, -0.15) is 0 Å². The smallest absolute Gasteiger partial charge is 0.282 e. The maximum absolute atomic E-state index is 13.3. The van der Waals surface area contributed by atoms with Gasteiger partial charge in [-0.05, 0) is 29.8 Å². The van der Waals surface area contributed by atoms with Gasteiger partial charge in [0, 0.05) is 5.69 Å². The predicted octanol–water partition coefficient (Wildman–Crippen LogP) is 4.09. The minimum atomic E-state index is -0.419. The van der Waals surface area contributed by atoms with E-state index < -0.39 is 5.91 Å². The Morgan fingerprint density at radius 1 is 0.750 bits per heavy atom. The Bertz CT molecular complexity index is 1060. The number of hydrogen-bond acceptors (Lipinski definition) is 4. The Morgan fingerprint density at radius 3 is 2.04 bits per heavy atom. The fourth-order valence-corrected chi connectivity index (χ4v) is 3.22. The maximum Gasteiger partial charge on any atom is 0.282 e. The van der Waals surface area contributed by atoms with E-state index in [0.717, 1.165) is 10.6 Å². The summed E-state index contributed by atoms with van der Waals surface area (Å²) in [6.45, 7) is 0. The zero-order valence-electron chi connectivity index (χ0n) is 15.3. The maximum atomic E-state index is 13.3. The lowest BCUT2D eigenvalue weighted by Gasteiger charge is -2.18. The van der Waals surface area contributed by atoms with Gasteiger partial charge in [0.25, 0.3) is 11.8 Å². The summed E-state index contributed by atoms with van der Waals surface area (Å²) in [4.78, 5) is 27.8. The third-order valence-electron chi connectivity index (χ3n) is 4.52. The van der Waals surface area contributed by atoms with E-state index in [2.05, 4.69) is 5.32 Å². The highest BCUT2D eigenvalue weighted by molar-refractivity contribution is 6.46. The van der Waals surface area contributed by atoms with Gasteiger partial charge in [-0.3, -0.25) is 9.59 Å². The van der Waals surface area contributed by atoms with Crippen LogP contribution in [0.15, 0.2) is 90.6 Å². The molecule has 5 nitrogen and oxygen atoms in total. The Balaban J connectivity index is 1.84. The number of nitrogens with zero attached hydrogens (tertiary/aromatic N) is 1. The molecule has 138 valence electrons. The molecule has 0 fully saturated rings. The quantitative estimate of drug-likeness (QED) is 0.687. The number of hydrogen-bond donors (Lipinski definition) is 1. The fourth-order valence-electron chi connectivity index (χ4n) is 3.22. The first kappa shape index (κ1) is 17.5. The number of methoxy groups -OCH3 is 1. The monoisotopic (exact) mass is 370 g/mol. The van der Waals surface area contributed by atoms with Crippen molar-refractivity contribution in [3.05, 3.63) is 96.2 Å². The molecule has 3 aromatic carbocycles. The normalized spacial score (nSPS) is 13.8. The number of carbonyl (C=O) groups excluding carboxylic acids is 2. The third kappa shape index (κ3) is 3.03. The zero-order valence-corrected chi connectivity index (χ0v) is 15.3. The highest BCUT2D eigenvalue weighted by atomic mass is 16.5. The average Bonchev–Trinajstić information content (AvgIpc) is 2.99. The Kier molecular flexibility index (Phi) is 4.64. The number of imide groups is 1. The summed E-state index contributed by atoms with van der Waals surface area (Å²) < 4.78 is 5.36. The molecule has 0 aliphatic carbocycles. The summed E-state index contributed by atoms with van der Waals surface area (Å²) in [5.74, 6) is -0.353. The number of carbonyl (C=O) groups is 2. The van der Waals surface area contributed by atoms with Gasteiger partial charge in [-0.25, -0.2) is 4.90 Å². The second-order valence-electron chi connectivity index (χ2n) is 6.22. The Labute approximate surface area is 162 Å². The molecule has 0 spiro atoms. The van der Waals surface area contributed by atoms with E-state index in [-0.39, 0.29) is 11.6 Å². The first-order valence-corrected chi connectivity index (χ1v) is 8.84. The highest BCUT2D eigenvalue weighted by Gasteiger charge is 2.41. The summed E-state index contributed by atoms with van der Waals surface area (Å²) in [6, 6.07) is 25.5. The third-order valence-corrected chi connectivity index (χ3v) is 4.52. The van der Waals surface area contributed by atoms with Crippen LogP contribution in [0.5, 0.6) is 5.75 Å². The molecule has 1 heterocycles. The van der Waals surface area contributed by atoms with E-state index in [4.69, 9.17) is 4.74 Å². The first-order chi connectivity index (χ1) is 13.7. The second-order valence-corrected chi connectivity index (χ2v) is 6.22. The van der Waals surface area contributed by atoms with Crippen LogP contribution in [0.25, 0.3) is 5.57 Å². The number of rotatable bonds is 5. The summed E-state index contributed by atoms with van der Waals surface area (Å²) in [6.07, 6.45) is 0. The van der Waals surface area contributed by atoms with Crippen molar-refractivity contribution in [1.82, 2.24) is 0 Å². The topological polar surface area (TPSA) is 58.6 Å². The van der Waals surface area contributed by atoms with Gasteiger partial charge in [0.2, 0.25) is 0 Å². The van der Waals surface area contributed by atoms with E-state index >= 15 is 0 Å². The lowest BCUT2D eigenvalue weighted by Crippen LogP contribution is -2.32. The van der Waals surface area contributed by atoms with E-state index in [9.17, 15) is 9.59 Å². The summed E-state index contributed by atoms with van der Waals surface area (Å²) >= 11 is 0. The molecule has 1 aliphatic rings. The lowest BCUT2D eigenvalue weighted by atomic mass is 10.0. The zero-order chi connectivity index (χ0) is 19.5. The van der Waals surface area contributed by atoms with Gasteiger partial charge < -0.3 is 10.1 Å². The summed E-state index contributed by atoms with van der Waals surface area (Å²) in [5.41, 5.74) is 2.40. The molecular formula is C23H18N2O3. The van der Waals surface area contributed by atoms with Crippen molar-refractivity contribution < 1.29 is 14.3 Å². The van der Waals surface area contributed by atoms with Crippen molar-refractivity contribution in [2.24, 2.45) is 0 Å². The van der Waals surface area contributed by atoms with E-state index in [0.29, 0.717) is 22.6 Å². The number of amides is 2. The van der Waals surface area contributed by atoms with E-state index in [1.807, 2.05) is 60.7 Å². The van der Waals surface area contributed by atoms with Crippen molar-refractivity contribution in [2.75, 3.05) is 17.3 Å². The van der Waals surface area contributed by atoms with Crippen LogP contribution in [-0.2, 0) is 9.59 Å². The molecule has 0 radical (unpaired) electrons. The van der Waals surface area contributed by atoms with Gasteiger partial charge in [0.15, 0.2) is 0 Å². The molecule has 3 aromatic rings. The van der Waals surface area contributed by atoms with Crippen LogP contribution in [0.1, 0.15) is 5.56 Å². The van der Waals surface area contributed by atoms with Crippen molar-refractivity contribution in [1.29, 1.82) is 0 Å². The van der Waals surface area contributed by atoms with Crippen LogP contribution >= 0.6 is 0 Å². The van der Waals surface area contributed by atoms with Gasteiger partial charge in [0.05, 0.1) is 18.4 Å². The number of benzene rings is 3. The van der Waals surface area contributed by atoms with Crippen molar-refractivity contribution in [2.45, 2.75) is 0 Å². The number of para-hydroxylation sites is 3. The molecule has 0 aromatic heterocycles. The molecule has 5 heteroatoms. The predicted molar refractivity (Wildman–Crippen MR) is 109 cm³/mol. The van der Waals surface area contributed by atoms with Gasteiger partial charge >= 0.3 is 0 Å². The Hall–Kier alpha value is -3.86. The number of ether oxygens (including phenoxy) is 1. The van der Waals surface area contributed by atoms with Crippen LogP contribution in [0, 0.1) is 0 Å². The largest absolute Gasteiger partial charge is 0.495 e. The SMILES string of the molecule is COc1ccccc1N1C(=O)C(Nc2ccccc2)=C(c2ccccc2)C1=O. The average molecular weight is 370 g/mol. The van der Waals surface area contributed by atoms with Crippen LogP contribution < -0.4 is 15.0 Å². The van der Waals surface area contributed by atoms with E-state index in [1.165, 1.54) is 7.11 Å². The molecule has 2 amide bonds. The molecule has 1 N–H and O–H groups in total. The number of anilines is 2. The van der Waals surface area contributed by atoms with Crippen LogP contribution in [0.2, 0.25) is 0 Å². The standard InChI is InChI=1S/C23H18N2O3/c1-28-19-15-9-8-14-18(19)25-22(26)20(16-10-4-2-5-11-16)21(23(25)27)24-17-12-6-3-7-13-17/h2-15,24H,1H3.